The molecule has 0 fully saturated rings. The van der Waals surface area contributed by atoms with Crippen LogP contribution in [0.4, 0.5) is 0 Å². The highest BCUT2D eigenvalue weighted by molar-refractivity contribution is 9.10. The molecule has 0 unspecified atom stereocenters. The fourth-order valence-corrected chi connectivity index (χ4v) is 2.85. The number of hydrogen-bond donors (Lipinski definition) is 2. The lowest BCUT2D eigenvalue weighted by atomic mass is 10.0. The Morgan fingerprint density at radius 3 is 2.58 bits per heavy atom. The van der Waals surface area contributed by atoms with Gasteiger partial charge in [0.15, 0.2) is 0 Å². The first-order chi connectivity index (χ1) is 11.6. The quantitative estimate of drug-likeness (QED) is 0.702. The minimum Gasteiger partial charge on any atom is -0.478 e. The predicted octanol–water partition coefficient (Wildman–Crippen LogP) is 3.07. The smallest absolute Gasteiger partial charge is 0.336 e. The third-order valence-electron chi connectivity index (χ3n) is 3.55. The van der Waals surface area contributed by atoms with E-state index in [1.54, 1.807) is 35.4 Å². The number of carboxylic acids is 1. The molecule has 0 radical (unpaired) electrons. The molecule has 0 atom stereocenters. The van der Waals surface area contributed by atoms with Gasteiger partial charge in [-0.1, -0.05) is 6.07 Å². The molecule has 0 bridgehead atoms. The zero-order valence-corrected chi connectivity index (χ0v) is 14.1. The lowest BCUT2D eigenvalue weighted by Crippen LogP contribution is -2.02. The van der Waals surface area contributed by atoms with Crippen LogP contribution in [0.3, 0.4) is 0 Å². The number of aromatic nitrogens is 3. The molecule has 2 heterocycles. The topological polar surface area (TPSA) is 88.2 Å². The molecule has 3 rings (SSSR count). The molecule has 0 saturated carbocycles. The van der Waals surface area contributed by atoms with Crippen molar-refractivity contribution in [3.8, 4) is 22.4 Å². The highest BCUT2D eigenvalue weighted by atomic mass is 79.9. The number of aliphatic hydroxyl groups is 1. The molecule has 0 saturated heterocycles. The van der Waals surface area contributed by atoms with Crippen molar-refractivity contribution in [2.75, 3.05) is 6.61 Å². The van der Waals surface area contributed by atoms with Crippen molar-refractivity contribution in [3.63, 3.8) is 0 Å². The predicted molar refractivity (Wildman–Crippen MR) is 92.6 cm³/mol. The van der Waals surface area contributed by atoms with Crippen molar-refractivity contribution in [2.24, 2.45) is 0 Å². The van der Waals surface area contributed by atoms with Crippen LogP contribution in [0.5, 0.6) is 0 Å². The Labute approximate surface area is 146 Å². The molecule has 3 aromatic rings. The van der Waals surface area contributed by atoms with Gasteiger partial charge in [0.2, 0.25) is 0 Å². The molecule has 7 heteroatoms. The van der Waals surface area contributed by atoms with E-state index < -0.39 is 5.97 Å². The van der Waals surface area contributed by atoms with Gasteiger partial charge in [-0.3, -0.25) is 9.67 Å². The second kappa shape index (κ2) is 6.94. The van der Waals surface area contributed by atoms with Crippen molar-refractivity contribution in [1.82, 2.24) is 14.8 Å². The Kier molecular flexibility index (Phi) is 4.73. The Morgan fingerprint density at radius 2 is 1.92 bits per heavy atom. The van der Waals surface area contributed by atoms with Crippen molar-refractivity contribution in [3.05, 3.63) is 59.0 Å². The van der Waals surface area contributed by atoms with Crippen LogP contribution in [0.25, 0.3) is 22.4 Å². The number of aliphatic hydroxyl groups excluding tert-OH is 1. The number of hydrogen-bond acceptors (Lipinski definition) is 4. The normalized spacial score (nSPS) is 10.8. The van der Waals surface area contributed by atoms with Gasteiger partial charge in [0, 0.05) is 34.2 Å². The van der Waals surface area contributed by atoms with Crippen molar-refractivity contribution in [2.45, 2.75) is 6.54 Å². The van der Waals surface area contributed by atoms with Gasteiger partial charge in [-0.15, -0.1) is 0 Å². The Morgan fingerprint density at radius 1 is 1.17 bits per heavy atom. The lowest BCUT2D eigenvalue weighted by Gasteiger charge is -2.05. The van der Waals surface area contributed by atoms with Crippen LogP contribution in [0.1, 0.15) is 10.4 Å². The molecule has 122 valence electrons. The van der Waals surface area contributed by atoms with Gasteiger partial charge in [0.25, 0.3) is 0 Å². The average Bonchev–Trinajstić information content (AvgIpc) is 3.00. The molecular weight excluding hydrogens is 374 g/mol. The van der Waals surface area contributed by atoms with Crippen molar-refractivity contribution >= 4 is 21.9 Å². The highest BCUT2D eigenvalue weighted by Crippen LogP contribution is 2.33. The van der Waals surface area contributed by atoms with Gasteiger partial charge in [0.05, 0.1) is 18.7 Å². The molecular formula is C17H14BrN3O3. The number of aromatic carboxylic acids is 1. The van der Waals surface area contributed by atoms with Crippen LogP contribution in [0.2, 0.25) is 0 Å². The van der Waals surface area contributed by atoms with E-state index in [1.165, 1.54) is 0 Å². The van der Waals surface area contributed by atoms with Crippen LogP contribution >= 0.6 is 15.9 Å². The number of pyridine rings is 1. The summed E-state index contributed by atoms with van der Waals surface area (Å²) in [5.74, 6) is -1.00. The first kappa shape index (κ1) is 16.4. The summed E-state index contributed by atoms with van der Waals surface area (Å²) in [6.07, 6.45) is 5.16. The minimum atomic E-state index is -1.00. The van der Waals surface area contributed by atoms with E-state index in [0.29, 0.717) is 16.7 Å². The van der Waals surface area contributed by atoms with E-state index in [0.717, 1.165) is 16.7 Å². The summed E-state index contributed by atoms with van der Waals surface area (Å²) in [6, 6.07) is 8.83. The maximum absolute atomic E-state index is 11.4. The summed E-state index contributed by atoms with van der Waals surface area (Å²) in [6.45, 7) is 0.331. The number of nitrogens with zero attached hydrogens (tertiary/aromatic N) is 3. The first-order valence-electron chi connectivity index (χ1n) is 7.22. The third-order valence-corrected chi connectivity index (χ3v) is 4.24. The molecule has 0 amide bonds. The van der Waals surface area contributed by atoms with Crippen LogP contribution in [-0.4, -0.2) is 37.6 Å². The Hall–Kier alpha value is -2.51. The SMILES string of the molecule is O=C(O)c1cc(-c2cn(CCO)nc2-c2ccncc2)ccc1Br. The number of carbonyl (C=O) groups is 1. The fraction of sp³-hybridized carbons (Fsp3) is 0.118. The molecule has 0 spiro atoms. The molecule has 0 aliphatic rings. The summed E-state index contributed by atoms with van der Waals surface area (Å²) in [5, 5.41) is 23.0. The molecule has 24 heavy (non-hydrogen) atoms. The van der Waals surface area contributed by atoms with E-state index in [2.05, 4.69) is 26.0 Å². The number of rotatable bonds is 5. The van der Waals surface area contributed by atoms with Gasteiger partial charge >= 0.3 is 5.97 Å². The Balaban J connectivity index is 2.16. The van der Waals surface area contributed by atoms with Gasteiger partial charge in [-0.05, 0) is 45.8 Å². The van der Waals surface area contributed by atoms with E-state index >= 15 is 0 Å². The zero-order chi connectivity index (χ0) is 17.1. The Bertz CT molecular complexity index is 878. The number of carboxylic acid groups (broad SMARTS) is 1. The summed E-state index contributed by atoms with van der Waals surface area (Å²) in [5.41, 5.74) is 3.31. The number of benzene rings is 1. The van der Waals surface area contributed by atoms with Gasteiger partial charge in [-0.2, -0.15) is 5.10 Å². The number of halogens is 1. The van der Waals surface area contributed by atoms with Gasteiger partial charge in [0.1, 0.15) is 5.69 Å². The van der Waals surface area contributed by atoms with Crippen LogP contribution < -0.4 is 0 Å². The monoisotopic (exact) mass is 387 g/mol. The van der Waals surface area contributed by atoms with Crippen molar-refractivity contribution < 1.29 is 15.0 Å². The second-order valence-electron chi connectivity index (χ2n) is 5.11. The summed E-state index contributed by atoms with van der Waals surface area (Å²) in [7, 11) is 0. The maximum atomic E-state index is 11.4. The molecule has 0 aliphatic heterocycles. The summed E-state index contributed by atoms with van der Waals surface area (Å²) < 4.78 is 2.17. The summed E-state index contributed by atoms with van der Waals surface area (Å²) in [4.78, 5) is 15.4. The maximum Gasteiger partial charge on any atom is 0.336 e. The first-order valence-corrected chi connectivity index (χ1v) is 8.01. The minimum absolute atomic E-state index is 0.0301. The standard InChI is InChI=1S/C17H14BrN3O3/c18-15-2-1-12(9-13(15)17(23)24)14-10-21(7-8-22)20-16(14)11-3-5-19-6-4-11/h1-6,9-10,22H,7-8H2,(H,23,24). The van der Waals surface area contributed by atoms with E-state index in [9.17, 15) is 9.90 Å². The highest BCUT2D eigenvalue weighted by Gasteiger charge is 2.16. The molecule has 0 aliphatic carbocycles. The molecule has 6 nitrogen and oxygen atoms in total. The lowest BCUT2D eigenvalue weighted by molar-refractivity contribution is 0.0696. The van der Waals surface area contributed by atoms with Crippen LogP contribution in [0.15, 0.2) is 53.4 Å². The molecule has 2 N–H and O–H groups in total. The van der Waals surface area contributed by atoms with E-state index in [1.807, 2.05) is 18.2 Å². The van der Waals surface area contributed by atoms with Gasteiger partial charge < -0.3 is 10.2 Å². The third kappa shape index (κ3) is 3.22. The van der Waals surface area contributed by atoms with Crippen LogP contribution in [0, 0.1) is 0 Å². The average molecular weight is 388 g/mol. The summed E-state index contributed by atoms with van der Waals surface area (Å²) >= 11 is 3.25. The molecule has 1 aromatic carbocycles. The molecule has 2 aromatic heterocycles. The zero-order valence-electron chi connectivity index (χ0n) is 12.6. The second-order valence-corrected chi connectivity index (χ2v) is 5.97. The fourth-order valence-electron chi connectivity index (χ4n) is 2.43. The van der Waals surface area contributed by atoms with E-state index in [-0.39, 0.29) is 12.2 Å². The van der Waals surface area contributed by atoms with Crippen LogP contribution in [-0.2, 0) is 6.54 Å². The van der Waals surface area contributed by atoms with Gasteiger partial charge in [-0.25, -0.2) is 4.79 Å². The van der Waals surface area contributed by atoms with Crippen molar-refractivity contribution in [1.29, 1.82) is 0 Å². The largest absolute Gasteiger partial charge is 0.478 e. The van der Waals surface area contributed by atoms with E-state index in [4.69, 9.17) is 5.11 Å².